The molecule has 1 aliphatic rings. The molecule has 0 spiro atoms. The van der Waals surface area contributed by atoms with Crippen LogP contribution >= 0.6 is 0 Å². The SMILES string of the molecule is Cc1ccc(-c2nc3cc(N4c5ccccc5C(C)(C)c5ccccc54)cc4nc(-c5ccc(C)cc5)c5cccc2c5c34)cc1. The number of hydrogen-bond donors (Lipinski definition) is 0. The van der Waals surface area contributed by atoms with E-state index in [1.54, 1.807) is 0 Å². The predicted molar refractivity (Wildman–Crippen MR) is 193 cm³/mol. The molecule has 220 valence electrons. The minimum Gasteiger partial charge on any atom is -0.310 e. The maximum atomic E-state index is 5.45. The van der Waals surface area contributed by atoms with Crippen LogP contribution in [0, 0.1) is 13.8 Å². The van der Waals surface area contributed by atoms with Gasteiger partial charge >= 0.3 is 0 Å². The Morgan fingerprint density at radius 2 is 0.957 bits per heavy atom. The predicted octanol–water partition coefficient (Wildman–Crippen LogP) is 11.4. The van der Waals surface area contributed by atoms with Gasteiger partial charge in [0.25, 0.3) is 0 Å². The zero-order valence-electron chi connectivity index (χ0n) is 26.5. The molecule has 6 aromatic carbocycles. The molecule has 0 saturated heterocycles. The van der Waals surface area contributed by atoms with Gasteiger partial charge in [-0.15, -0.1) is 0 Å². The number of anilines is 3. The summed E-state index contributed by atoms with van der Waals surface area (Å²) < 4.78 is 0. The Hall–Kier alpha value is -5.54. The molecule has 2 aromatic heterocycles. The number of fused-ring (bicyclic) bond motifs is 2. The van der Waals surface area contributed by atoms with E-state index < -0.39 is 0 Å². The number of para-hydroxylation sites is 2. The van der Waals surface area contributed by atoms with Crippen molar-refractivity contribution in [2.24, 2.45) is 0 Å². The van der Waals surface area contributed by atoms with Gasteiger partial charge in [0.1, 0.15) is 0 Å². The molecule has 0 amide bonds. The van der Waals surface area contributed by atoms with Gasteiger partial charge in [-0.1, -0.05) is 128 Å². The highest BCUT2D eigenvalue weighted by atomic mass is 15.2. The first-order valence-corrected chi connectivity index (χ1v) is 16.0. The molecule has 46 heavy (non-hydrogen) atoms. The van der Waals surface area contributed by atoms with Crippen molar-refractivity contribution in [3.63, 3.8) is 0 Å². The standard InChI is InChI=1S/C43H33N3/c1-26-16-20-28(21-17-26)41-31-10-9-11-32-39(31)40-35(44-41)24-30(25-36(40)45-42(32)29-22-18-27(2)19-23-29)46-37-14-7-5-12-33(37)43(3,4)34-13-6-8-15-38(34)46/h5-25H,1-4H3. The molecule has 8 aromatic rings. The van der Waals surface area contributed by atoms with Gasteiger partial charge < -0.3 is 4.90 Å². The normalized spacial score (nSPS) is 13.8. The van der Waals surface area contributed by atoms with E-state index in [1.807, 2.05) is 0 Å². The molecule has 0 aliphatic carbocycles. The molecule has 0 saturated carbocycles. The van der Waals surface area contributed by atoms with E-state index in [2.05, 4.69) is 160 Å². The summed E-state index contributed by atoms with van der Waals surface area (Å²) in [5.41, 5.74) is 14.5. The fourth-order valence-electron chi connectivity index (χ4n) is 7.55. The number of hydrogen-bond acceptors (Lipinski definition) is 3. The van der Waals surface area contributed by atoms with Gasteiger partial charge in [0.15, 0.2) is 0 Å². The second kappa shape index (κ2) is 9.73. The lowest BCUT2D eigenvalue weighted by molar-refractivity contribution is 0.632. The summed E-state index contributed by atoms with van der Waals surface area (Å²) in [6.07, 6.45) is 0. The monoisotopic (exact) mass is 591 g/mol. The topological polar surface area (TPSA) is 29.0 Å². The molecule has 0 radical (unpaired) electrons. The third-order valence-corrected chi connectivity index (χ3v) is 9.92. The lowest BCUT2D eigenvalue weighted by Gasteiger charge is -2.42. The number of pyridine rings is 2. The molecule has 3 nitrogen and oxygen atoms in total. The van der Waals surface area contributed by atoms with E-state index in [0.29, 0.717) is 0 Å². The quantitative estimate of drug-likeness (QED) is 0.191. The number of benzene rings is 6. The highest BCUT2D eigenvalue weighted by Crippen LogP contribution is 2.52. The molecular weight excluding hydrogens is 558 g/mol. The van der Waals surface area contributed by atoms with Crippen LogP contribution in [-0.2, 0) is 5.41 Å². The molecule has 3 heteroatoms. The Morgan fingerprint density at radius 3 is 1.43 bits per heavy atom. The van der Waals surface area contributed by atoms with Gasteiger partial charge in [0.2, 0.25) is 0 Å². The van der Waals surface area contributed by atoms with E-state index in [-0.39, 0.29) is 5.41 Å². The van der Waals surface area contributed by atoms with Gasteiger partial charge in [-0.25, -0.2) is 9.97 Å². The Labute approximate surface area is 269 Å². The van der Waals surface area contributed by atoms with Crippen LogP contribution in [0.15, 0.2) is 127 Å². The van der Waals surface area contributed by atoms with Crippen LogP contribution in [-0.4, -0.2) is 9.97 Å². The van der Waals surface area contributed by atoms with E-state index in [0.717, 1.165) is 55.4 Å². The van der Waals surface area contributed by atoms with Crippen molar-refractivity contribution in [2.45, 2.75) is 33.1 Å². The molecule has 0 atom stereocenters. The first-order chi connectivity index (χ1) is 22.4. The summed E-state index contributed by atoms with van der Waals surface area (Å²) in [4.78, 5) is 13.3. The Bertz CT molecular complexity index is 2290. The minimum atomic E-state index is -0.131. The number of aromatic nitrogens is 2. The average molecular weight is 592 g/mol. The van der Waals surface area contributed by atoms with Crippen LogP contribution in [0.4, 0.5) is 17.1 Å². The van der Waals surface area contributed by atoms with Crippen LogP contribution < -0.4 is 4.90 Å². The second-order valence-electron chi connectivity index (χ2n) is 13.2. The van der Waals surface area contributed by atoms with E-state index in [4.69, 9.17) is 9.97 Å². The minimum absolute atomic E-state index is 0.131. The fourth-order valence-corrected chi connectivity index (χ4v) is 7.55. The molecule has 0 unspecified atom stereocenters. The fraction of sp³-hybridized carbons (Fsp3) is 0.116. The van der Waals surface area contributed by atoms with Crippen molar-refractivity contribution < 1.29 is 0 Å². The molecule has 9 rings (SSSR count). The first-order valence-electron chi connectivity index (χ1n) is 16.0. The summed E-state index contributed by atoms with van der Waals surface area (Å²) in [5, 5.41) is 4.63. The highest BCUT2D eigenvalue weighted by Gasteiger charge is 2.36. The third kappa shape index (κ3) is 3.85. The number of aryl methyl sites for hydroxylation is 2. The van der Waals surface area contributed by atoms with Crippen molar-refractivity contribution in [1.82, 2.24) is 9.97 Å². The number of nitrogens with zero attached hydrogens (tertiary/aromatic N) is 3. The molecular formula is C43H33N3. The van der Waals surface area contributed by atoms with Crippen molar-refractivity contribution in [1.29, 1.82) is 0 Å². The smallest absolute Gasteiger partial charge is 0.0788 e. The lowest BCUT2D eigenvalue weighted by Crippen LogP contribution is -2.30. The van der Waals surface area contributed by atoms with Crippen LogP contribution in [0.5, 0.6) is 0 Å². The zero-order valence-corrected chi connectivity index (χ0v) is 26.5. The lowest BCUT2D eigenvalue weighted by atomic mass is 9.73. The summed E-state index contributed by atoms with van der Waals surface area (Å²) in [5.74, 6) is 0. The van der Waals surface area contributed by atoms with Crippen molar-refractivity contribution in [2.75, 3.05) is 4.90 Å². The van der Waals surface area contributed by atoms with Crippen LogP contribution in [0.25, 0.3) is 55.1 Å². The summed E-state index contributed by atoms with van der Waals surface area (Å²) in [6, 6.07) is 46.2. The van der Waals surface area contributed by atoms with E-state index in [9.17, 15) is 0 Å². The number of rotatable bonds is 3. The Balaban J connectivity index is 1.41. The van der Waals surface area contributed by atoms with E-state index in [1.165, 1.54) is 39.0 Å². The average Bonchev–Trinajstić information content (AvgIpc) is 3.08. The maximum Gasteiger partial charge on any atom is 0.0788 e. The van der Waals surface area contributed by atoms with Crippen LogP contribution in [0.3, 0.4) is 0 Å². The summed E-state index contributed by atoms with van der Waals surface area (Å²) in [6.45, 7) is 8.91. The molecule has 0 bridgehead atoms. The van der Waals surface area contributed by atoms with E-state index >= 15 is 0 Å². The maximum absolute atomic E-state index is 5.45. The van der Waals surface area contributed by atoms with Gasteiger partial charge in [-0.3, -0.25) is 0 Å². The second-order valence-corrected chi connectivity index (χ2v) is 13.2. The van der Waals surface area contributed by atoms with Gasteiger partial charge in [-0.2, -0.15) is 0 Å². The third-order valence-electron chi connectivity index (χ3n) is 9.92. The van der Waals surface area contributed by atoms with Crippen molar-refractivity contribution >= 4 is 49.6 Å². The van der Waals surface area contributed by atoms with Gasteiger partial charge in [0, 0.05) is 38.1 Å². The largest absolute Gasteiger partial charge is 0.310 e. The molecule has 1 aliphatic heterocycles. The Kier molecular flexibility index (Phi) is 5.67. The van der Waals surface area contributed by atoms with Gasteiger partial charge in [0.05, 0.1) is 39.5 Å². The van der Waals surface area contributed by atoms with Crippen LogP contribution in [0.2, 0.25) is 0 Å². The Morgan fingerprint density at radius 1 is 0.500 bits per heavy atom. The molecule has 3 heterocycles. The van der Waals surface area contributed by atoms with Crippen molar-refractivity contribution in [3.8, 4) is 22.5 Å². The summed E-state index contributed by atoms with van der Waals surface area (Å²) >= 11 is 0. The summed E-state index contributed by atoms with van der Waals surface area (Å²) in [7, 11) is 0. The van der Waals surface area contributed by atoms with Crippen LogP contribution in [0.1, 0.15) is 36.1 Å². The van der Waals surface area contributed by atoms with Crippen molar-refractivity contribution in [3.05, 3.63) is 150 Å². The van der Waals surface area contributed by atoms with Gasteiger partial charge in [-0.05, 0) is 49.2 Å². The highest BCUT2D eigenvalue weighted by molar-refractivity contribution is 6.26. The zero-order chi connectivity index (χ0) is 31.2. The molecule has 0 N–H and O–H groups in total. The first kappa shape index (κ1) is 26.8. The molecule has 0 fully saturated rings.